The van der Waals surface area contributed by atoms with Gasteiger partial charge in [-0.25, -0.2) is 4.98 Å². The molecule has 1 aromatic rings. The third kappa shape index (κ3) is 3.67. The summed E-state index contributed by atoms with van der Waals surface area (Å²) < 4.78 is 11.6. The Bertz CT molecular complexity index is 552. The van der Waals surface area contributed by atoms with E-state index in [1.807, 2.05) is 0 Å². The fraction of sp³-hybridized carbons (Fsp3) is 0.556. The average Bonchev–Trinajstić information content (AvgIpc) is 2.66. The van der Waals surface area contributed by atoms with E-state index in [0.717, 1.165) is 12.8 Å². The maximum absolute atomic E-state index is 12.4. The Hall–Kier alpha value is -1.84. The Kier molecular flexibility index (Phi) is 5.58. The Morgan fingerprint density at radius 1 is 1.55 bits per heavy atom. The van der Waals surface area contributed by atoms with Crippen LogP contribution >= 0.6 is 0 Å². The standard InChI is InChI=1S/C18H25NO3/c1-5-7-8-21-16-10-17-18(19-14(16)6-2)15(20)9-13(11-22-17)12(3)4/h6,10,12-13H,2,5,7-9,11H2,1,3-4H3. The van der Waals surface area contributed by atoms with Gasteiger partial charge in [0.1, 0.15) is 17.1 Å². The lowest BCUT2D eigenvalue weighted by atomic mass is 9.91. The molecule has 1 aliphatic heterocycles. The minimum absolute atomic E-state index is 0.0365. The fourth-order valence-corrected chi connectivity index (χ4v) is 2.41. The quantitative estimate of drug-likeness (QED) is 0.741. The minimum Gasteiger partial charge on any atom is -0.491 e. The molecule has 0 spiro atoms. The number of ketones is 1. The van der Waals surface area contributed by atoms with Crippen molar-refractivity contribution in [2.45, 2.75) is 40.0 Å². The highest BCUT2D eigenvalue weighted by molar-refractivity contribution is 5.97. The van der Waals surface area contributed by atoms with Gasteiger partial charge in [0.05, 0.1) is 13.2 Å². The lowest BCUT2D eigenvalue weighted by Crippen LogP contribution is -2.18. The molecule has 2 rings (SSSR count). The summed E-state index contributed by atoms with van der Waals surface area (Å²) in [5, 5.41) is 0. The predicted octanol–water partition coefficient (Wildman–Crippen LogP) is 4.14. The van der Waals surface area contributed by atoms with E-state index in [1.165, 1.54) is 0 Å². The van der Waals surface area contributed by atoms with Crippen LogP contribution in [0.25, 0.3) is 6.08 Å². The van der Waals surface area contributed by atoms with Crippen LogP contribution in [0, 0.1) is 11.8 Å². The molecule has 4 nitrogen and oxygen atoms in total. The van der Waals surface area contributed by atoms with Gasteiger partial charge in [0, 0.05) is 18.4 Å². The number of hydrogen-bond donors (Lipinski definition) is 0. The zero-order valence-corrected chi connectivity index (χ0v) is 13.7. The molecule has 1 aromatic heterocycles. The van der Waals surface area contributed by atoms with Gasteiger partial charge in [-0.05, 0) is 18.4 Å². The van der Waals surface area contributed by atoms with Crippen LogP contribution in [0.1, 0.15) is 56.2 Å². The monoisotopic (exact) mass is 303 g/mol. The normalized spacial score (nSPS) is 17.6. The smallest absolute Gasteiger partial charge is 0.185 e. The van der Waals surface area contributed by atoms with E-state index in [-0.39, 0.29) is 11.7 Å². The molecule has 2 heterocycles. The zero-order valence-electron chi connectivity index (χ0n) is 13.7. The van der Waals surface area contributed by atoms with Gasteiger partial charge in [-0.2, -0.15) is 0 Å². The molecule has 0 aromatic carbocycles. The summed E-state index contributed by atoms with van der Waals surface area (Å²) in [6.45, 7) is 11.3. The van der Waals surface area contributed by atoms with E-state index in [1.54, 1.807) is 12.1 Å². The predicted molar refractivity (Wildman–Crippen MR) is 87.5 cm³/mol. The lowest BCUT2D eigenvalue weighted by Gasteiger charge is -2.16. The average molecular weight is 303 g/mol. The summed E-state index contributed by atoms with van der Waals surface area (Å²) >= 11 is 0. The van der Waals surface area contributed by atoms with Crippen molar-refractivity contribution >= 4 is 11.9 Å². The third-order valence-corrected chi connectivity index (χ3v) is 4.04. The first kappa shape index (κ1) is 16.5. The van der Waals surface area contributed by atoms with Crippen LogP contribution in [0.3, 0.4) is 0 Å². The second kappa shape index (κ2) is 7.43. The van der Waals surface area contributed by atoms with Crippen LogP contribution in [0.5, 0.6) is 11.5 Å². The SMILES string of the molecule is C=Cc1nc2c(cc1OCCCC)OCC(C(C)C)CC2=O. The second-order valence-corrected chi connectivity index (χ2v) is 6.07. The number of Topliss-reactive ketones (excluding diaryl/α,β-unsaturated/α-hetero) is 1. The van der Waals surface area contributed by atoms with E-state index in [4.69, 9.17) is 9.47 Å². The van der Waals surface area contributed by atoms with Crippen LogP contribution in [0.15, 0.2) is 12.6 Å². The Morgan fingerprint density at radius 2 is 2.32 bits per heavy atom. The molecule has 0 radical (unpaired) electrons. The summed E-state index contributed by atoms with van der Waals surface area (Å²) in [6.07, 6.45) is 4.14. The topological polar surface area (TPSA) is 48.4 Å². The Balaban J connectivity index is 2.29. The third-order valence-electron chi connectivity index (χ3n) is 4.04. The van der Waals surface area contributed by atoms with Crippen molar-refractivity contribution in [2.24, 2.45) is 11.8 Å². The highest BCUT2D eigenvalue weighted by Gasteiger charge is 2.28. The molecule has 120 valence electrons. The molecule has 0 amide bonds. The number of unbranched alkanes of at least 4 members (excludes halogenated alkanes) is 1. The van der Waals surface area contributed by atoms with Gasteiger partial charge in [-0.1, -0.05) is 33.8 Å². The number of fused-ring (bicyclic) bond motifs is 1. The van der Waals surface area contributed by atoms with E-state index >= 15 is 0 Å². The highest BCUT2D eigenvalue weighted by Crippen LogP contribution is 2.33. The van der Waals surface area contributed by atoms with Gasteiger partial charge >= 0.3 is 0 Å². The molecule has 1 aliphatic rings. The number of aromatic nitrogens is 1. The molecule has 1 atom stereocenters. The molecule has 0 aliphatic carbocycles. The first-order valence-corrected chi connectivity index (χ1v) is 8.03. The van der Waals surface area contributed by atoms with Crippen LogP contribution < -0.4 is 9.47 Å². The second-order valence-electron chi connectivity index (χ2n) is 6.07. The number of nitrogens with zero attached hydrogens (tertiary/aromatic N) is 1. The molecular weight excluding hydrogens is 278 g/mol. The molecule has 0 saturated carbocycles. The molecule has 0 N–H and O–H groups in total. The van der Waals surface area contributed by atoms with Crippen molar-refractivity contribution in [3.63, 3.8) is 0 Å². The maximum atomic E-state index is 12.4. The van der Waals surface area contributed by atoms with Crippen molar-refractivity contribution in [3.8, 4) is 11.5 Å². The van der Waals surface area contributed by atoms with Gasteiger partial charge in [-0.15, -0.1) is 0 Å². The summed E-state index contributed by atoms with van der Waals surface area (Å²) in [5.41, 5.74) is 1.01. The summed E-state index contributed by atoms with van der Waals surface area (Å²) in [5.74, 6) is 1.83. The molecule has 0 fully saturated rings. The largest absolute Gasteiger partial charge is 0.491 e. The Labute approximate surface area is 132 Å². The number of pyridine rings is 1. The van der Waals surface area contributed by atoms with Crippen molar-refractivity contribution in [2.75, 3.05) is 13.2 Å². The van der Waals surface area contributed by atoms with Gasteiger partial charge in [0.15, 0.2) is 11.5 Å². The van der Waals surface area contributed by atoms with E-state index in [2.05, 4.69) is 32.3 Å². The molecule has 22 heavy (non-hydrogen) atoms. The van der Waals surface area contributed by atoms with E-state index in [9.17, 15) is 4.79 Å². The summed E-state index contributed by atoms with van der Waals surface area (Å²) in [6, 6.07) is 1.79. The summed E-state index contributed by atoms with van der Waals surface area (Å²) in [4.78, 5) is 16.9. The van der Waals surface area contributed by atoms with Crippen molar-refractivity contribution in [1.29, 1.82) is 0 Å². The zero-order chi connectivity index (χ0) is 16.1. The molecule has 4 heteroatoms. The van der Waals surface area contributed by atoms with Crippen LogP contribution in [0.2, 0.25) is 0 Å². The number of carbonyl (C=O) groups excluding carboxylic acids is 1. The van der Waals surface area contributed by atoms with E-state index < -0.39 is 0 Å². The van der Waals surface area contributed by atoms with Crippen molar-refractivity contribution < 1.29 is 14.3 Å². The fourth-order valence-electron chi connectivity index (χ4n) is 2.41. The highest BCUT2D eigenvalue weighted by atomic mass is 16.5. The van der Waals surface area contributed by atoms with Crippen LogP contribution in [-0.4, -0.2) is 24.0 Å². The van der Waals surface area contributed by atoms with Gasteiger partial charge < -0.3 is 9.47 Å². The van der Waals surface area contributed by atoms with E-state index in [0.29, 0.717) is 48.4 Å². The summed E-state index contributed by atoms with van der Waals surface area (Å²) in [7, 11) is 0. The van der Waals surface area contributed by atoms with Gasteiger partial charge in [0.2, 0.25) is 0 Å². The number of carbonyl (C=O) groups is 1. The lowest BCUT2D eigenvalue weighted by molar-refractivity contribution is 0.0941. The molecule has 0 bridgehead atoms. The Morgan fingerprint density at radius 3 is 2.95 bits per heavy atom. The molecule has 0 saturated heterocycles. The number of ether oxygens (including phenoxy) is 2. The first-order valence-electron chi connectivity index (χ1n) is 8.03. The number of rotatable bonds is 6. The minimum atomic E-state index is 0.0365. The maximum Gasteiger partial charge on any atom is 0.185 e. The first-order chi connectivity index (χ1) is 10.6. The van der Waals surface area contributed by atoms with Crippen molar-refractivity contribution in [1.82, 2.24) is 4.98 Å². The molecule has 1 unspecified atom stereocenters. The van der Waals surface area contributed by atoms with Crippen molar-refractivity contribution in [3.05, 3.63) is 24.0 Å². The van der Waals surface area contributed by atoms with Gasteiger partial charge in [-0.3, -0.25) is 4.79 Å². The molecular formula is C18H25NO3. The van der Waals surface area contributed by atoms with Crippen LogP contribution in [0.4, 0.5) is 0 Å². The number of hydrogen-bond acceptors (Lipinski definition) is 4. The van der Waals surface area contributed by atoms with Gasteiger partial charge in [0.25, 0.3) is 0 Å². The van der Waals surface area contributed by atoms with Crippen LogP contribution in [-0.2, 0) is 0 Å².